The summed E-state index contributed by atoms with van der Waals surface area (Å²) in [4.78, 5) is 1.05. The molecule has 17 heavy (non-hydrogen) atoms. The van der Waals surface area contributed by atoms with Gasteiger partial charge in [-0.25, -0.2) is 0 Å². The van der Waals surface area contributed by atoms with Crippen molar-refractivity contribution >= 4 is 27.3 Å². The van der Waals surface area contributed by atoms with Gasteiger partial charge >= 0.3 is 0 Å². The third-order valence-electron chi connectivity index (χ3n) is 3.52. The Morgan fingerprint density at radius 1 is 1.12 bits per heavy atom. The van der Waals surface area contributed by atoms with E-state index in [2.05, 4.69) is 28.1 Å². The van der Waals surface area contributed by atoms with Crippen molar-refractivity contribution in [2.24, 2.45) is 0 Å². The van der Waals surface area contributed by atoms with Gasteiger partial charge in [0.15, 0.2) is 0 Å². The standard InChI is InChI=1S/C14H13BrOS/c15-12-7-6-11(17-12)13(16)14(8-9-14)10-4-2-1-3-5-10/h1-7,13,16H,8-9H2. The molecule has 3 heteroatoms. The fourth-order valence-corrected chi connectivity index (χ4v) is 3.90. The van der Waals surface area contributed by atoms with Gasteiger partial charge < -0.3 is 5.11 Å². The van der Waals surface area contributed by atoms with Crippen LogP contribution in [-0.2, 0) is 5.41 Å². The van der Waals surface area contributed by atoms with Gasteiger partial charge in [0.2, 0.25) is 0 Å². The van der Waals surface area contributed by atoms with Gasteiger partial charge in [0.25, 0.3) is 0 Å². The smallest absolute Gasteiger partial charge is 0.0978 e. The van der Waals surface area contributed by atoms with Crippen LogP contribution in [0.15, 0.2) is 46.3 Å². The van der Waals surface area contributed by atoms with Gasteiger partial charge in [-0.3, -0.25) is 0 Å². The van der Waals surface area contributed by atoms with Crippen molar-refractivity contribution in [3.05, 3.63) is 56.7 Å². The second-order valence-electron chi connectivity index (χ2n) is 4.57. The van der Waals surface area contributed by atoms with Crippen LogP contribution in [0.25, 0.3) is 0 Å². The first-order valence-electron chi connectivity index (χ1n) is 5.71. The Hall–Kier alpha value is -0.640. The van der Waals surface area contributed by atoms with Crippen LogP contribution in [0.3, 0.4) is 0 Å². The molecule has 3 rings (SSSR count). The number of aliphatic hydroxyl groups excluding tert-OH is 1. The molecule has 0 bridgehead atoms. The molecule has 1 fully saturated rings. The monoisotopic (exact) mass is 308 g/mol. The molecule has 88 valence electrons. The Balaban J connectivity index is 1.94. The summed E-state index contributed by atoms with van der Waals surface area (Å²) in [5.41, 5.74) is 1.22. The van der Waals surface area contributed by atoms with Crippen molar-refractivity contribution in [1.82, 2.24) is 0 Å². The van der Waals surface area contributed by atoms with E-state index >= 15 is 0 Å². The van der Waals surface area contributed by atoms with Crippen LogP contribution < -0.4 is 0 Å². The summed E-state index contributed by atoms with van der Waals surface area (Å²) in [6.07, 6.45) is 1.78. The van der Waals surface area contributed by atoms with E-state index in [0.29, 0.717) is 0 Å². The highest BCUT2D eigenvalue weighted by Gasteiger charge is 2.51. The zero-order valence-electron chi connectivity index (χ0n) is 9.27. The molecule has 1 unspecified atom stereocenters. The first-order chi connectivity index (χ1) is 8.22. The van der Waals surface area contributed by atoms with Gasteiger partial charge in [0.05, 0.1) is 9.89 Å². The highest BCUT2D eigenvalue weighted by atomic mass is 79.9. The summed E-state index contributed by atoms with van der Waals surface area (Å²) >= 11 is 5.08. The molecule has 1 aliphatic carbocycles. The number of thiophene rings is 1. The van der Waals surface area contributed by atoms with Gasteiger partial charge in [-0.2, -0.15) is 0 Å². The Kier molecular flexibility index (Phi) is 2.85. The van der Waals surface area contributed by atoms with Gasteiger partial charge in [-0.05, 0) is 46.5 Å². The molecule has 0 amide bonds. The third-order valence-corrected chi connectivity index (χ3v) is 5.20. The largest absolute Gasteiger partial charge is 0.387 e. The minimum atomic E-state index is -0.374. The van der Waals surface area contributed by atoms with E-state index in [1.54, 1.807) is 11.3 Å². The highest BCUT2D eigenvalue weighted by molar-refractivity contribution is 9.11. The summed E-state index contributed by atoms with van der Waals surface area (Å²) in [6, 6.07) is 14.4. The molecule has 2 aromatic rings. The normalized spacial score (nSPS) is 18.9. The number of hydrogen-bond acceptors (Lipinski definition) is 2. The summed E-state index contributed by atoms with van der Waals surface area (Å²) in [7, 11) is 0. The molecule has 0 radical (unpaired) electrons. The van der Waals surface area contributed by atoms with Crippen LogP contribution in [0.2, 0.25) is 0 Å². The lowest BCUT2D eigenvalue weighted by Crippen LogP contribution is -2.17. The molecule has 1 atom stereocenters. The van der Waals surface area contributed by atoms with Crippen LogP contribution in [0.1, 0.15) is 29.4 Å². The van der Waals surface area contributed by atoms with E-state index in [1.165, 1.54) is 5.56 Å². The molecular formula is C14H13BrOS. The molecule has 0 spiro atoms. The van der Waals surface area contributed by atoms with Crippen molar-refractivity contribution in [1.29, 1.82) is 0 Å². The van der Waals surface area contributed by atoms with Crippen LogP contribution in [-0.4, -0.2) is 5.11 Å². The lowest BCUT2D eigenvalue weighted by atomic mass is 9.89. The van der Waals surface area contributed by atoms with E-state index < -0.39 is 0 Å². The average molecular weight is 309 g/mol. The second kappa shape index (κ2) is 4.23. The zero-order chi connectivity index (χ0) is 11.9. The zero-order valence-corrected chi connectivity index (χ0v) is 11.7. The molecule has 1 heterocycles. The van der Waals surface area contributed by atoms with Crippen molar-refractivity contribution in [3.63, 3.8) is 0 Å². The molecule has 1 aliphatic rings. The molecular weight excluding hydrogens is 296 g/mol. The quantitative estimate of drug-likeness (QED) is 0.897. The van der Waals surface area contributed by atoms with Gasteiger partial charge in [0.1, 0.15) is 0 Å². The molecule has 1 nitrogen and oxygen atoms in total. The summed E-state index contributed by atoms with van der Waals surface area (Å²) in [5, 5.41) is 10.6. The maximum absolute atomic E-state index is 10.6. The lowest BCUT2D eigenvalue weighted by molar-refractivity contribution is 0.136. The predicted molar refractivity (Wildman–Crippen MR) is 74.3 cm³/mol. The Morgan fingerprint density at radius 2 is 1.82 bits per heavy atom. The fourth-order valence-electron chi connectivity index (χ4n) is 2.37. The summed E-state index contributed by atoms with van der Waals surface area (Å²) in [5.74, 6) is 0. The van der Waals surface area contributed by atoms with Crippen molar-refractivity contribution in [2.75, 3.05) is 0 Å². The van der Waals surface area contributed by atoms with Crippen LogP contribution >= 0.6 is 27.3 Å². The molecule has 1 aromatic heterocycles. The predicted octanol–water partition coefficient (Wildman–Crippen LogP) is 4.28. The lowest BCUT2D eigenvalue weighted by Gasteiger charge is -2.21. The van der Waals surface area contributed by atoms with Gasteiger partial charge in [0, 0.05) is 10.3 Å². The summed E-state index contributed by atoms with van der Waals surface area (Å²) < 4.78 is 1.08. The number of rotatable bonds is 3. The Morgan fingerprint density at radius 3 is 2.35 bits per heavy atom. The number of aliphatic hydroxyl groups is 1. The van der Waals surface area contributed by atoms with Crippen molar-refractivity contribution < 1.29 is 5.11 Å². The fraction of sp³-hybridized carbons (Fsp3) is 0.286. The molecule has 0 aliphatic heterocycles. The maximum Gasteiger partial charge on any atom is 0.0978 e. The second-order valence-corrected chi connectivity index (χ2v) is 7.06. The molecule has 0 saturated heterocycles. The van der Waals surface area contributed by atoms with E-state index in [1.807, 2.05) is 30.3 Å². The topological polar surface area (TPSA) is 20.2 Å². The summed E-state index contributed by atoms with van der Waals surface area (Å²) in [6.45, 7) is 0. The first kappa shape index (κ1) is 11.5. The van der Waals surface area contributed by atoms with Crippen molar-refractivity contribution in [2.45, 2.75) is 24.4 Å². The Bertz CT molecular complexity index is 516. The highest BCUT2D eigenvalue weighted by Crippen LogP contribution is 2.57. The van der Waals surface area contributed by atoms with Crippen LogP contribution in [0.5, 0.6) is 0 Å². The Labute approximate surface area is 113 Å². The van der Waals surface area contributed by atoms with Crippen LogP contribution in [0, 0.1) is 0 Å². The number of benzene rings is 1. The molecule has 1 aromatic carbocycles. The van der Waals surface area contributed by atoms with E-state index in [-0.39, 0.29) is 11.5 Å². The molecule has 1 N–H and O–H groups in total. The van der Waals surface area contributed by atoms with Crippen LogP contribution in [0.4, 0.5) is 0 Å². The first-order valence-corrected chi connectivity index (χ1v) is 7.32. The van der Waals surface area contributed by atoms with Gasteiger partial charge in [-0.15, -0.1) is 11.3 Å². The van der Waals surface area contributed by atoms with E-state index in [0.717, 1.165) is 21.5 Å². The number of halogens is 1. The minimum absolute atomic E-state index is 0.0362. The number of hydrogen-bond donors (Lipinski definition) is 1. The molecule has 1 saturated carbocycles. The van der Waals surface area contributed by atoms with Gasteiger partial charge in [-0.1, -0.05) is 30.3 Å². The van der Waals surface area contributed by atoms with E-state index in [9.17, 15) is 5.11 Å². The minimum Gasteiger partial charge on any atom is -0.387 e. The third kappa shape index (κ3) is 1.96. The van der Waals surface area contributed by atoms with E-state index in [4.69, 9.17) is 0 Å². The van der Waals surface area contributed by atoms with Crippen molar-refractivity contribution in [3.8, 4) is 0 Å². The average Bonchev–Trinajstić information content (AvgIpc) is 3.07. The SMILES string of the molecule is OC(c1ccc(Br)s1)C1(c2ccccc2)CC1. The maximum atomic E-state index is 10.6.